The van der Waals surface area contributed by atoms with Crippen LogP contribution in [0.2, 0.25) is 0 Å². The second-order valence-corrected chi connectivity index (χ2v) is 7.39. The Morgan fingerprint density at radius 3 is 2.90 bits per heavy atom. The Bertz CT molecular complexity index is 712. The van der Waals surface area contributed by atoms with Crippen LogP contribution in [0.5, 0.6) is 0 Å². The number of aryl methyl sites for hydroxylation is 1. The van der Waals surface area contributed by atoms with Gasteiger partial charge in [0, 0.05) is 15.1 Å². The number of carbonyl (C=O) groups is 1. The molecule has 0 unspecified atom stereocenters. The molecule has 1 N–H and O–H groups in total. The number of amides is 1. The fourth-order valence-electron chi connectivity index (χ4n) is 1.71. The second kappa shape index (κ2) is 5.87. The molecule has 3 aromatic rings. The van der Waals surface area contributed by atoms with Crippen LogP contribution >= 0.6 is 34.0 Å². The van der Waals surface area contributed by atoms with Crippen molar-refractivity contribution >= 4 is 39.9 Å². The normalized spacial score (nSPS) is 10.7. The van der Waals surface area contributed by atoms with Gasteiger partial charge in [-0.1, -0.05) is 6.07 Å². The topological polar surface area (TPSA) is 42.0 Å². The maximum absolute atomic E-state index is 12.0. The highest BCUT2D eigenvalue weighted by Gasteiger charge is 2.12. The molecule has 0 fully saturated rings. The summed E-state index contributed by atoms with van der Waals surface area (Å²) in [6, 6.07) is 8.10. The van der Waals surface area contributed by atoms with Gasteiger partial charge in [-0.3, -0.25) is 4.79 Å². The average Bonchev–Trinajstić information content (AvgIpc) is 3.16. The predicted molar refractivity (Wildman–Crippen MR) is 85.7 cm³/mol. The van der Waals surface area contributed by atoms with Crippen molar-refractivity contribution in [2.24, 2.45) is 0 Å². The van der Waals surface area contributed by atoms with Crippen LogP contribution < -0.4 is 5.32 Å². The molecule has 6 heteroatoms. The number of nitrogens with zero attached hydrogens (tertiary/aromatic N) is 1. The summed E-state index contributed by atoms with van der Waals surface area (Å²) in [4.78, 5) is 20.0. The minimum absolute atomic E-state index is 0.117. The number of thiazole rings is 1. The van der Waals surface area contributed by atoms with Crippen molar-refractivity contribution in [3.05, 3.63) is 50.5 Å². The molecule has 0 saturated heterocycles. The number of carbonyl (C=O) groups excluding carboxylic acids is 1. The summed E-state index contributed by atoms with van der Waals surface area (Å²) < 4.78 is 0. The van der Waals surface area contributed by atoms with Gasteiger partial charge < -0.3 is 5.32 Å². The van der Waals surface area contributed by atoms with Gasteiger partial charge >= 0.3 is 0 Å². The molecule has 0 aliphatic rings. The van der Waals surface area contributed by atoms with E-state index in [0.29, 0.717) is 12.2 Å². The Hall–Kier alpha value is -1.50. The highest BCUT2D eigenvalue weighted by Crippen LogP contribution is 2.30. The smallest absolute Gasteiger partial charge is 0.271 e. The van der Waals surface area contributed by atoms with Gasteiger partial charge in [0.15, 0.2) is 0 Å². The van der Waals surface area contributed by atoms with Gasteiger partial charge in [-0.05, 0) is 30.5 Å². The van der Waals surface area contributed by atoms with Crippen molar-refractivity contribution < 1.29 is 4.79 Å². The lowest BCUT2D eigenvalue weighted by molar-refractivity contribution is 0.0947. The summed E-state index contributed by atoms with van der Waals surface area (Å²) >= 11 is 4.84. The Kier molecular flexibility index (Phi) is 3.95. The lowest BCUT2D eigenvalue weighted by Gasteiger charge is -2.00. The molecule has 0 aliphatic heterocycles. The highest BCUT2D eigenvalue weighted by atomic mass is 32.1. The van der Waals surface area contributed by atoms with Crippen molar-refractivity contribution in [3.63, 3.8) is 0 Å². The first-order valence-electron chi connectivity index (χ1n) is 6.05. The second-order valence-electron chi connectivity index (χ2n) is 4.21. The van der Waals surface area contributed by atoms with Gasteiger partial charge in [-0.25, -0.2) is 4.98 Å². The van der Waals surface area contributed by atoms with E-state index in [9.17, 15) is 4.79 Å². The molecule has 3 nitrogen and oxygen atoms in total. The molecule has 0 atom stereocenters. The van der Waals surface area contributed by atoms with E-state index in [1.165, 1.54) is 16.2 Å². The van der Waals surface area contributed by atoms with E-state index in [1.54, 1.807) is 22.7 Å². The Labute approximate surface area is 128 Å². The average molecular weight is 320 g/mol. The summed E-state index contributed by atoms with van der Waals surface area (Å²) in [5.41, 5.74) is 0.493. The summed E-state index contributed by atoms with van der Waals surface area (Å²) in [6.45, 7) is 2.62. The minimum Gasteiger partial charge on any atom is -0.346 e. The molecular formula is C14H12N2OS3. The van der Waals surface area contributed by atoms with E-state index in [1.807, 2.05) is 29.0 Å². The van der Waals surface area contributed by atoms with Crippen LogP contribution in [0.1, 0.15) is 20.2 Å². The van der Waals surface area contributed by atoms with E-state index in [0.717, 1.165) is 14.8 Å². The third-order valence-electron chi connectivity index (χ3n) is 2.69. The van der Waals surface area contributed by atoms with Crippen molar-refractivity contribution in [2.45, 2.75) is 13.5 Å². The minimum atomic E-state index is -0.117. The van der Waals surface area contributed by atoms with Crippen molar-refractivity contribution in [3.8, 4) is 9.88 Å². The van der Waals surface area contributed by atoms with Crippen LogP contribution in [-0.2, 0) is 6.54 Å². The molecular weight excluding hydrogens is 308 g/mol. The number of hydrogen-bond donors (Lipinski definition) is 1. The highest BCUT2D eigenvalue weighted by molar-refractivity contribution is 7.21. The summed E-state index contributed by atoms with van der Waals surface area (Å²) in [5.74, 6) is -0.117. The van der Waals surface area contributed by atoms with Crippen LogP contribution in [0, 0.1) is 6.92 Å². The Morgan fingerprint density at radius 1 is 1.30 bits per heavy atom. The Morgan fingerprint density at radius 2 is 2.20 bits per heavy atom. The van der Waals surface area contributed by atoms with Gasteiger partial charge in [0.05, 0.1) is 11.4 Å². The summed E-state index contributed by atoms with van der Waals surface area (Å²) in [5, 5.41) is 7.61. The van der Waals surface area contributed by atoms with E-state index >= 15 is 0 Å². The molecule has 0 aromatic carbocycles. The maximum Gasteiger partial charge on any atom is 0.271 e. The molecule has 0 saturated carbocycles. The van der Waals surface area contributed by atoms with Crippen LogP contribution in [0.4, 0.5) is 0 Å². The fourth-order valence-corrected chi connectivity index (χ4v) is 4.10. The number of thiophene rings is 2. The maximum atomic E-state index is 12.0. The monoisotopic (exact) mass is 320 g/mol. The lowest BCUT2D eigenvalue weighted by atomic mass is 10.4. The standard InChI is InChI=1S/C14H12N2OS3/c1-9-4-5-12(20-9)14-16-11(8-19-14)13(17)15-7-10-3-2-6-18-10/h2-6,8H,7H2,1H3,(H,15,17). The SMILES string of the molecule is Cc1ccc(-c2nc(C(=O)NCc3cccs3)cs2)s1. The molecule has 20 heavy (non-hydrogen) atoms. The van der Waals surface area contributed by atoms with Gasteiger partial charge in [-0.15, -0.1) is 34.0 Å². The van der Waals surface area contributed by atoms with Crippen LogP contribution in [0.3, 0.4) is 0 Å². The van der Waals surface area contributed by atoms with Crippen molar-refractivity contribution in [2.75, 3.05) is 0 Å². The first kappa shape index (κ1) is 13.5. The van der Waals surface area contributed by atoms with Crippen molar-refractivity contribution in [1.82, 2.24) is 10.3 Å². The largest absolute Gasteiger partial charge is 0.346 e. The first-order chi connectivity index (χ1) is 9.72. The third kappa shape index (κ3) is 2.98. The number of hydrogen-bond acceptors (Lipinski definition) is 5. The van der Waals surface area contributed by atoms with Gasteiger partial charge in [0.2, 0.25) is 0 Å². The van der Waals surface area contributed by atoms with Gasteiger partial charge in [0.1, 0.15) is 10.7 Å². The van der Waals surface area contributed by atoms with Crippen molar-refractivity contribution in [1.29, 1.82) is 0 Å². The van der Waals surface area contributed by atoms with Crippen LogP contribution in [-0.4, -0.2) is 10.9 Å². The number of rotatable bonds is 4. The fraction of sp³-hybridized carbons (Fsp3) is 0.143. The lowest BCUT2D eigenvalue weighted by Crippen LogP contribution is -2.22. The molecule has 102 valence electrons. The predicted octanol–water partition coefficient (Wildman–Crippen LogP) is 4.17. The zero-order chi connectivity index (χ0) is 13.9. The molecule has 3 rings (SSSR count). The number of nitrogens with one attached hydrogen (secondary N) is 1. The molecule has 0 radical (unpaired) electrons. The zero-order valence-corrected chi connectivity index (χ0v) is 13.2. The summed E-state index contributed by atoms with van der Waals surface area (Å²) in [7, 11) is 0. The molecule has 0 aliphatic carbocycles. The zero-order valence-electron chi connectivity index (χ0n) is 10.8. The first-order valence-corrected chi connectivity index (χ1v) is 8.63. The van der Waals surface area contributed by atoms with Crippen LogP contribution in [0.25, 0.3) is 9.88 Å². The molecule has 0 bridgehead atoms. The van der Waals surface area contributed by atoms with Crippen LogP contribution in [0.15, 0.2) is 35.0 Å². The van der Waals surface area contributed by atoms with Gasteiger partial charge in [-0.2, -0.15) is 0 Å². The molecule has 3 aromatic heterocycles. The van der Waals surface area contributed by atoms with E-state index < -0.39 is 0 Å². The number of aromatic nitrogens is 1. The molecule has 1 amide bonds. The van der Waals surface area contributed by atoms with E-state index in [-0.39, 0.29) is 5.91 Å². The quantitative estimate of drug-likeness (QED) is 0.784. The van der Waals surface area contributed by atoms with Gasteiger partial charge in [0.25, 0.3) is 5.91 Å². The Balaban J connectivity index is 1.68. The third-order valence-corrected chi connectivity index (χ3v) is 5.58. The van der Waals surface area contributed by atoms with E-state index in [2.05, 4.69) is 23.3 Å². The van der Waals surface area contributed by atoms with E-state index in [4.69, 9.17) is 0 Å². The molecule has 0 spiro atoms. The molecule has 3 heterocycles. The summed E-state index contributed by atoms with van der Waals surface area (Å²) in [6.07, 6.45) is 0.